The first-order valence-corrected chi connectivity index (χ1v) is 5.00. The van der Waals surface area contributed by atoms with Crippen molar-refractivity contribution >= 4 is 11.4 Å². The normalized spacial score (nSPS) is 12.2. The zero-order chi connectivity index (χ0) is 13.2. The highest BCUT2D eigenvalue weighted by atomic mass is 16.6. The fourth-order valence-electron chi connectivity index (χ4n) is 1.60. The molecule has 1 aromatic carbocycles. The van der Waals surface area contributed by atoms with E-state index in [2.05, 4.69) is 0 Å². The van der Waals surface area contributed by atoms with Gasteiger partial charge in [0.15, 0.2) is 0 Å². The summed E-state index contributed by atoms with van der Waals surface area (Å²) in [7, 11) is 0. The van der Waals surface area contributed by atoms with Crippen LogP contribution in [0, 0.1) is 27.2 Å². The lowest BCUT2D eigenvalue weighted by molar-refractivity contribution is -0.394. The van der Waals surface area contributed by atoms with Gasteiger partial charge < -0.3 is 5.73 Å². The molecule has 0 bridgehead atoms. The third kappa shape index (κ3) is 2.97. The summed E-state index contributed by atoms with van der Waals surface area (Å²) < 4.78 is 0. The van der Waals surface area contributed by atoms with Crippen LogP contribution in [0.1, 0.15) is 18.1 Å². The molecule has 0 aliphatic heterocycles. The van der Waals surface area contributed by atoms with E-state index < -0.39 is 9.85 Å². The van der Waals surface area contributed by atoms with Crippen molar-refractivity contribution in [3.63, 3.8) is 0 Å². The smallest absolute Gasteiger partial charge is 0.279 e. The fraction of sp³-hybridized carbons (Fsp3) is 0.400. The lowest BCUT2D eigenvalue weighted by Gasteiger charge is -2.08. The number of hydrogen-bond acceptors (Lipinski definition) is 5. The van der Waals surface area contributed by atoms with Crippen LogP contribution >= 0.6 is 0 Å². The molecule has 0 aromatic heterocycles. The summed E-state index contributed by atoms with van der Waals surface area (Å²) in [6.07, 6.45) is 0.369. The molecule has 0 radical (unpaired) electrons. The molecule has 1 rings (SSSR count). The fourth-order valence-corrected chi connectivity index (χ4v) is 1.60. The van der Waals surface area contributed by atoms with Crippen molar-refractivity contribution in [3.8, 4) is 0 Å². The molecule has 0 unspecified atom stereocenters. The average molecular weight is 239 g/mol. The summed E-state index contributed by atoms with van der Waals surface area (Å²) >= 11 is 0. The third-order valence-electron chi connectivity index (χ3n) is 2.42. The van der Waals surface area contributed by atoms with Crippen LogP contribution < -0.4 is 5.73 Å². The first-order valence-electron chi connectivity index (χ1n) is 5.00. The zero-order valence-corrected chi connectivity index (χ0v) is 9.54. The molecule has 1 aromatic rings. The molecule has 0 heterocycles. The Bertz CT molecular complexity index is 471. The predicted molar refractivity (Wildman–Crippen MR) is 61.8 cm³/mol. The highest BCUT2D eigenvalue weighted by Gasteiger charge is 2.21. The molecule has 2 N–H and O–H groups in total. The average Bonchev–Trinajstić information content (AvgIpc) is 2.19. The molecule has 0 saturated heterocycles. The van der Waals surface area contributed by atoms with E-state index in [0.29, 0.717) is 17.5 Å². The van der Waals surface area contributed by atoms with Gasteiger partial charge >= 0.3 is 0 Å². The molecule has 0 fully saturated rings. The SMILES string of the molecule is Cc1c(C[C@@H](C)N)cc([N+](=O)[O-])cc1[N+](=O)[O-]. The highest BCUT2D eigenvalue weighted by Crippen LogP contribution is 2.28. The van der Waals surface area contributed by atoms with Crippen molar-refractivity contribution in [2.45, 2.75) is 26.3 Å². The maximum atomic E-state index is 10.8. The molecule has 17 heavy (non-hydrogen) atoms. The Balaban J connectivity index is 3.37. The van der Waals surface area contributed by atoms with E-state index >= 15 is 0 Å². The number of benzene rings is 1. The van der Waals surface area contributed by atoms with Crippen LogP contribution in [0.4, 0.5) is 11.4 Å². The number of non-ortho nitro benzene ring substituents is 1. The third-order valence-corrected chi connectivity index (χ3v) is 2.42. The molecule has 1 atom stereocenters. The van der Waals surface area contributed by atoms with Crippen LogP contribution in [0.15, 0.2) is 12.1 Å². The second-order valence-corrected chi connectivity index (χ2v) is 3.94. The number of hydrogen-bond donors (Lipinski definition) is 1. The minimum atomic E-state index is -0.642. The van der Waals surface area contributed by atoms with Gasteiger partial charge in [-0.05, 0) is 25.8 Å². The molecule has 0 spiro atoms. The summed E-state index contributed by atoms with van der Waals surface area (Å²) in [5.74, 6) is 0. The topological polar surface area (TPSA) is 112 Å². The maximum Gasteiger partial charge on any atom is 0.279 e. The first-order chi connectivity index (χ1) is 7.82. The number of nitro benzene ring substituents is 2. The van der Waals surface area contributed by atoms with Gasteiger partial charge in [0, 0.05) is 17.7 Å². The molecule has 0 aliphatic rings. The molecule has 0 aliphatic carbocycles. The Labute approximate surface area is 97.5 Å². The molecular weight excluding hydrogens is 226 g/mol. The van der Waals surface area contributed by atoms with E-state index in [1.54, 1.807) is 13.8 Å². The molecule has 0 amide bonds. The molecule has 7 nitrogen and oxygen atoms in total. The van der Waals surface area contributed by atoms with Crippen LogP contribution in [0.25, 0.3) is 0 Å². The molecule has 0 saturated carbocycles. The predicted octanol–water partition coefficient (Wildman–Crippen LogP) is 1.70. The minimum Gasteiger partial charge on any atom is -0.328 e. The van der Waals surface area contributed by atoms with Gasteiger partial charge in [0.2, 0.25) is 0 Å². The van der Waals surface area contributed by atoms with Crippen LogP contribution in [-0.2, 0) is 6.42 Å². The van der Waals surface area contributed by atoms with Crippen molar-refractivity contribution in [1.82, 2.24) is 0 Å². The molecule has 7 heteroatoms. The lowest BCUT2D eigenvalue weighted by Crippen LogP contribution is -2.18. The van der Waals surface area contributed by atoms with E-state index in [1.807, 2.05) is 0 Å². The molecule has 92 valence electrons. The van der Waals surface area contributed by atoms with Crippen LogP contribution in [0.5, 0.6) is 0 Å². The van der Waals surface area contributed by atoms with E-state index in [4.69, 9.17) is 5.73 Å². The Hall–Kier alpha value is -2.02. The molecular formula is C10H13N3O4. The van der Waals surface area contributed by atoms with Crippen LogP contribution in [0.2, 0.25) is 0 Å². The van der Waals surface area contributed by atoms with Crippen molar-refractivity contribution in [1.29, 1.82) is 0 Å². The van der Waals surface area contributed by atoms with E-state index in [9.17, 15) is 20.2 Å². The van der Waals surface area contributed by atoms with Gasteiger partial charge in [-0.3, -0.25) is 20.2 Å². The van der Waals surface area contributed by atoms with Gasteiger partial charge in [-0.1, -0.05) is 0 Å². The Kier molecular flexibility index (Phi) is 3.74. The van der Waals surface area contributed by atoms with Crippen LogP contribution in [-0.4, -0.2) is 15.9 Å². The lowest BCUT2D eigenvalue weighted by atomic mass is 10.00. The van der Waals surface area contributed by atoms with Gasteiger partial charge in [0.25, 0.3) is 11.4 Å². The Morgan fingerprint density at radius 2 is 1.88 bits per heavy atom. The van der Waals surface area contributed by atoms with Gasteiger partial charge in [-0.25, -0.2) is 0 Å². The van der Waals surface area contributed by atoms with Crippen molar-refractivity contribution in [2.24, 2.45) is 5.73 Å². The summed E-state index contributed by atoms with van der Waals surface area (Å²) in [5, 5.41) is 21.5. The van der Waals surface area contributed by atoms with Crippen LogP contribution in [0.3, 0.4) is 0 Å². The monoisotopic (exact) mass is 239 g/mol. The maximum absolute atomic E-state index is 10.8. The van der Waals surface area contributed by atoms with Crippen molar-refractivity contribution in [2.75, 3.05) is 0 Å². The Morgan fingerprint density at radius 3 is 2.29 bits per heavy atom. The van der Waals surface area contributed by atoms with Gasteiger partial charge in [0.1, 0.15) is 0 Å². The number of nitrogens with two attached hydrogens (primary N) is 1. The first kappa shape index (κ1) is 13.0. The largest absolute Gasteiger partial charge is 0.328 e. The summed E-state index contributed by atoms with van der Waals surface area (Å²) in [5.41, 5.74) is 6.06. The van der Waals surface area contributed by atoms with Crippen molar-refractivity contribution < 1.29 is 9.85 Å². The summed E-state index contributed by atoms with van der Waals surface area (Å²) in [6, 6.07) is 2.10. The van der Waals surface area contributed by atoms with Gasteiger partial charge in [-0.2, -0.15) is 0 Å². The second kappa shape index (κ2) is 4.88. The van der Waals surface area contributed by atoms with E-state index in [1.165, 1.54) is 6.07 Å². The second-order valence-electron chi connectivity index (χ2n) is 3.94. The standard InChI is InChI=1S/C10H13N3O4/c1-6(11)3-8-4-9(12(14)15)5-10(7(8)2)13(16)17/h4-6H,3,11H2,1-2H3/t6-/m1/s1. The number of rotatable bonds is 4. The van der Waals surface area contributed by atoms with E-state index in [-0.39, 0.29) is 17.4 Å². The van der Waals surface area contributed by atoms with E-state index in [0.717, 1.165) is 6.07 Å². The Morgan fingerprint density at radius 1 is 1.29 bits per heavy atom. The number of nitro groups is 2. The quantitative estimate of drug-likeness (QED) is 0.634. The van der Waals surface area contributed by atoms with Gasteiger partial charge in [-0.15, -0.1) is 0 Å². The highest BCUT2D eigenvalue weighted by molar-refractivity contribution is 5.53. The number of nitrogens with zero attached hydrogens (tertiary/aromatic N) is 2. The van der Waals surface area contributed by atoms with Gasteiger partial charge in [0.05, 0.1) is 15.9 Å². The summed E-state index contributed by atoms with van der Waals surface area (Å²) in [4.78, 5) is 20.2. The van der Waals surface area contributed by atoms with Crippen molar-refractivity contribution in [3.05, 3.63) is 43.5 Å². The minimum absolute atomic E-state index is 0.213. The zero-order valence-electron chi connectivity index (χ0n) is 9.54. The summed E-state index contributed by atoms with van der Waals surface area (Å²) in [6.45, 7) is 3.31.